The third-order valence-corrected chi connectivity index (χ3v) is 1.81. The second-order valence-corrected chi connectivity index (χ2v) is 2.93. The van der Waals surface area contributed by atoms with E-state index in [0.29, 0.717) is 6.29 Å². The third kappa shape index (κ3) is 3.43. The first kappa shape index (κ1) is 13.2. The Kier molecular flexibility index (Phi) is 5.10. The molecule has 0 heterocycles. The molecule has 0 aliphatic heterocycles. The Labute approximate surface area is 88.2 Å². The first-order chi connectivity index (χ1) is 7.02. The molecule has 0 aliphatic rings. The molecule has 0 spiro atoms. The molecule has 0 fully saturated rings. The van der Waals surface area contributed by atoms with Crippen molar-refractivity contribution >= 4 is 18.2 Å². The Morgan fingerprint density at radius 3 is 2.53 bits per heavy atom. The zero-order valence-electron chi connectivity index (χ0n) is 8.70. The summed E-state index contributed by atoms with van der Waals surface area (Å²) < 4.78 is 4.49. The van der Waals surface area contributed by atoms with Gasteiger partial charge in [0.15, 0.2) is 5.54 Å². The van der Waals surface area contributed by atoms with Crippen molar-refractivity contribution in [1.82, 2.24) is 5.32 Å². The van der Waals surface area contributed by atoms with E-state index in [1.54, 1.807) is 0 Å². The maximum atomic E-state index is 11.4. The van der Waals surface area contributed by atoms with E-state index in [9.17, 15) is 14.4 Å². The number of esters is 1. The lowest BCUT2D eigenvalue weighted by molar-refractivity contribution is -0.148. The van der Waals surface area contributed by atoms with E-state index >= 15 is 0 Å². The van der Waals surface area contributed by atoms with Crippen LogP contribution in [0.4, 0.5) is 0 Å². The van der Waals surface area contributed by atoms with Crippen LogP contribution >= 0.6 is 0 Å². The van der Waals surface area contributed by atoms with Gasteiger partial charge in [-0.3, -0.25) is 4.79 Å². The van der Waals surface area contributed by atoms with E-state index in [-0.39, 0.29) is 12.8 Å². The summed E-state index contributed by atoms with van der Waals surface area (Å²) in [7, 11) is 1.16. The number of rotatable bonds is 5. The number of aldehydes is 1. The van der Waals surface area contributed by atoms with Gasteiger partial charge >= 0.3 is 5.97 Å². The van der Waals surface area contributed by atoms with Crippen LogP contribution in [0.2, 0.25) is 0 Å². The first-order valence-corrected chi connectivity index (χ1v) is 4.31. The van der Waals surface area contributed by atoms with E-state index in [2.05, 4.69) is 16.0 Å². The quantitative estimate of drug-likeness (QED) is 0.383. The monoisotopic (exact) mass is 211 g/mol. The van der Waals surface area contributed by atoms with Gasteiger partial charge in [-0.15, -0.1) is 6.42 Å². The van der Waals surface area contributed by atoms with Crippen molar-refractivity contribution in [1.29, 1.82) is 0 Å². The molecule has 5 nitrogen and oxygen atoms in total. The maximum absolute atomic E-state index is 11.4. The molecule has 1 unspecified atom stereocenters. The fraction of sp³-hybridized carbons (Fsp3) is 0.500. The first-order valence-electron chi connectivity index (χ1n) is 4.31. The van der Waals surface area contributed by atoms with Gasteiger partial charge in [0.1, 0.15) is 6.29 Å². The molecule has 1 amide bonds. The molecule has 15 heavy (non-hydrogen) atoms. The van der Waals surface area contributed by atoms with Crippen LogP contribution in [0.5, 0.6) is 0 Å². The summed E-state index contributed by atoms with van der Waals surface area (Å²) in [5.41, 5.74) is -1.54. The minimum Gasteiger partial charge on any atom is -0.467 e. The van der Waals surface area contributed by atoms with Crippen LogP contribution in [0.3, 0.4) is 0 Å². The van der Waals surface area contributed by atoms with Crippen LogP contribution < -0.4 is 5.32 Å². The van der Waals surface area contributed by atoms with Gasteiger partial charge in [0.25, 0.3) is 0 Å². The van der Waals surface area contributed by atoms with Crippen molar-refractivity contribution in [2.75, 3.05) is 7.11 Å². The highest BCUT2D eigenvalue weighted by Crippen LogP contribution is 2.13. The Morgan fingerprint density at radius 2 is 2.20 bits per heavy atom. The summed E-state index contributed by atoms with van der Waals surface area (Å²) in [6.45, 7) is 1.23. The molecule has 0 aromatic heterocycles. The smallest absolute Gasteiger partial charge is 0.344 e. The molecule has 5 heteroatoms. The van der Waals surface area contributed by atoms with E-state index in [1.807, 2.05) is 0 Å². The van der Waals surface area contributed by atoms with Crippen molar-refractivity contribution < 1.29 is 19.1 Å². The molecule has 0 bridgehead atoms. The Bertz CT molecular complexity index is 305. The second-order valence-electron chi connectivity index (χ2n) is 2.93. The summed E-state index contributed by atoms with van der Waals surface area (Å²) in [4.78, 5) is 32.5. The minimum absolute atomic E-state index is 0.0270. The highest BCUT2D eigenvalue weighted by molar-refractivity contribution is 5.90. The van der Waals surface area contributed by atoms with Gasteiger partial charge in [-0.2, -0.15) is 0 Å². The molecule has 0 rings (SSSR count). The Balaban J connectivity index is 4.93. The fourth-order valence-corrected chi connectivity index (χ4v) is 1.13. The van der Waals surface area contributed by atoms with Crippen LogP contribution in [-0.4, -0.2) is 30.8 Å². The molecular formula is C10H13NO4. The van der Waals surface area contributed by atoms with Crippen LogP contribution in [0, 0.1) is 12.3 Å². The summed E-state index contributed by atoms with van der Waals surface area (Å²) in [6.07, 6.45) is 5.91. The third-order valence-electron chi connectivity index (χ3n) is 1.81. The predicted molar refractivity (Wildman–Crippen MR) is 52.7 cm³/mol. The number of hydrogen-bond donors (Lipinski definition) is 1. The number of methoxy groups -OCH3 is 1. The lowest BCUT2D eigenvalue weighted by atomic mass is 9.94. The van der Waals surface area contributed by atoms with Crippen molar-refractivity contribution in [3.05, 3.63) is 0 Å². The lowest BCUT2D eigenvalue weighted by Crippen LogP contribution is -2.53. The lowest BCUT2D eigenvalue weighted by Gasteiger charge is -2.25. The zero-order valence-corrected chi connectivity index (χ0v) is 8.70. The highest BCUT2D eigenvalue weighted by Gasteiger charge is 2.38. The average Bonchev–Trinajstić information content (AvgIpc) is 2.22. The van der Waals surface area contributed by atoms with Crippen molar-refractivity contribution in [2.24, 2.45) is 0 Å². The van der Waals surface area contributed by atoms with Gasteiger partial charge in [0.2, 0.25) is 5.91 Å². The Hall–Kier alpha value is -1.83. The molecule has 0 aromatic carbocycles. The van der Waals surface area contributed by atoms with E-state index in [1.165, 1.54) is 6.92 Å². The number of nitrogens with one attached hydrogen (secondary N) is 1. The standard InChI is InChI=1S/C10H13NO4/c1-4-10(6-5-7-12,9(14)15-3)11-8(2)13/h1,7H,5-6H2,2-3H3,(H,11,13). The number of carbonyl (C=O) groups is 3. The summed E-state index contributed by atoms with van der Waals surface area (Å²) >= 11 is 0. The van der Waals surface area contributed by atoms with Crippen molar-refractivity contribution in [2.45, 2.75) is 25.3 Å². The highest BCUT2D eigenvalue weighted by atomic mass is 16.5. The largest absolute Gasteiger partial charge is 0.467 e. The number of ether oxygens (including phenoxy) is 1. The van der Waals surface area contributed by atoms with Gasteiger partial charge in [-0.25, -0.2) is 4.79 Å². The van der Waals surface area contributed by atoms with Crippen LogP contribution in [0.15, 0.2) is 0 Å². The Morgan fingerprint density at radius 1 is 1.60 bits per heavy atom. The normalized spacial score (nSPS) is 13.1. The second kappa shape index (κ2) is 5.81. The molecular weight excluding hydrogens is 198 g/mol. The number of carbonyl (C=O) groups excluding carboxylic acids is 3. The maximum Gasteiger partial charge on any atom is 0.344 e. The van der Waals surface area contributed by atoms with Crippen LogP contribution in [-0.2, 0) is 19.1 Å². The molecule has 1 atom stereocenters. The molecule has 82 valence electrons. The predicted octanol–water partition coefficient (Wildman–Crippen LogP) is -0.353. The van der Waals surface area contributed by atoms with Crippen molar-refractivity contribution in [3.8, 4) is 12.3 Å². The number of amides is 1. The zero-order chi connectivity index (χ0) is 11.9. The number of hydrogen-bond acceptors (Lipinski definition) is 4. The minimum atomic E-state index is -1.54. The van der Waals surface area contributed by atoms with E-state index in [4.69, 9.17) is 6.42 Å². The van der Waals surface area contributed by atoms with Crippen LogP contribution in [0.1, 0.15) is 19.8 Å². The van der Waals surface area contributed by atoms with E-state index < -0.39 is 17.4 Å². The van der Waals surface area contributed by atoms with E-state index in [0.717, 1.165) is 7.11 Å². The van der Waals surface area contributed by atoms with Gasteiger partial charge in [0.05, 0.1) is 7.11 Å². The van der Waals surface area contributed by atoms with Gasteiger partial charge in [0, 0.05) is 13.3 Å². The molecule has 0 aliphatic carbocycles. The fourth-order valence-electron chi connectivity index (χ4n) is 1.13. The summed E-state index contributed by atoms with van der Waals surface area (Å²) in [5, 5.41) is 2.32. The average molecular weight is 211 g/mol. The SMILES string of the molecule is C#CC(CCC=O)(NC(C)=O)C(=O)OC. The molecule has 1 N–H and O–H groups in total. The molecule has 0 aromatic rings. The molecule has 0 radical (unpaired) electrons. The number of terminal acetylenes is 1. The summed E-state index contributed by atoms with van der Waals surface area (Å²) in [5.74, 6) is 0.965. The molecule has 0 saturated heterocycles. The van der Waals surface area contributed by atoms with Gasteiger partial charge in [-0.1, -0.05) is 5.92 Å². The topological polar surface area (TPSA) is 72.5 Å². The van der Waals surface area contributed by atoms with Crippen molar-refractivity contribution in [3.63, 3.8) is 0 Å². The van der Waals surface area contributed by atoms with Gasteiger partial charge in [-0.05, 0) is 6.42 Å². The van der Waals surface area contributed by atoms with Crippen LogP contribution in [0.25, 0.3) is 0 Å². The van der Waals surface area contributed by atoms with Gasteiger partial charge < -0.3 is 14.8 Å². The molecule has 0 saturated carbocycles. The summed E-state index contributed by atoms with van der Waals surface area (Å²) in [6, 6.07) is 0.